The van der Waals surface area contributed by atoms with Crippen LogP contribution in [0, 0.1) is 13.8 Å². The summed E-state index contributed by atoms with van der Waals surface area (Å²) in [5.41, 5.74) is 24.7. The molecule has 1 N–H and O–H groups in total. The molecule has 2 aliphatic carbocycles. The highest BCUT2D eigenvalue weighted by atomic mass is 14.9. The van der Waals surface area contributed by atoms with Gasteiger partial charge >= 0.3 is 0 Å². The van der Waals surface area contributed by atoms with Crippen molar-refractivity contribution in [3.05, 3.63) is 394 Å². The lowest BCUT2D eigenvalue weighted by atomic mass is 9.51. The summed E-state index contributed by atoms with van der Waals surface area (Å²) in [6, 6.07) is 94.2. The Balaban J connectivity index is 0.000000163. The zero-order valence-corrected chi connectivity index (χ0v) is 48.5. The zero-order chi connectivity index (χ0) is 57.3. The molecule has 1 heteroatoms. The Morgan fingerprint density at radius 1 is 0.451 bits per heavy atom. The molecular weight excluding hydrogens is 987 g/mol. The van der Waals surface area contributed by atoms with Gasteiger partial charge in [0.25, 0.3) is 0 Å². The van der Waals surface area contributed by atoms with Crippen LogP contribution in [0.2, 0.25) is 0 Å². The van der Waals surface area contributed by atoms with E-state index in [9.17, 15) is 0 Å². The van der Waals surface area contributed by atoms with Crippen LogP contribution in [0.15, 0.2) is 322 Å². The first-order valence-electron chi connectivity index (χ1n) is 28.8. The Morgan fingerprint density at radius 2 is 0.927 bits per heavy atom. The summed E-state index contributed by atoms with van der Waals surface area (Å²) < 4.78 is 0. The van der Waals surface area contributed by atoms with Crippen LogP contribution in [-0.4, -0.2) is 0 Å². The lowest BCUT2D eigenvalue weighted by molar-refractivity contribution is 0.623. The highest BCUT2D eigenvalue weighted by Crippen LogP contribution is 2.64. The van der Waals surface area contributed by atoms with Crippen LogP contribution in [0.4, 0.5) is 11.4 Å². The van der Waals surface area contributed by atoms with Crippen molar-refractivity contribution < 1.29 is 0 Å². The zero-order valence-electron chi connectivity index (χ0n) is 48.5. The van der Waals surface area contributed by atoms with Gasteiger partial charge in [-0.05, 0) is 136 Å². The van der Waals surface area contributed by atoms with Crippen LogP contribution in [0.25, 0.3) is 22.3 Å². The van der Waals surface area contributed by atoms with E-state index >= 15 is 0 Å². The Morgan fingerprint density at radius 3 is 1.50 bits per heavy atom. The number of allylic oxidation sites excluding steroid dienone is 10. The van der Waals surface area contributed by atoms with Crippen LogP contribution in [0.1, 0.15) is 100 Å². The van der Waals surface area contributed by atoms with Crippen molar-refractivity contribution in [1.82, 2.24) is 0 Å². The first-order valence-corrected chi connectivity index (χ1v) is 28.8. The standard InChI is InChI=1S/C39H28.C26H25N.C14H16.C2H6/c1-27-15-14-26-36-37(27)30-20-8-9-21-31(30)39(36)34-24-12-10-22-32(34)38(28-16-4-2-5-17-28,29-18-6-3-7-19-29)33-23-11-13-25-35(33)39;1-4-10-23(22-17-15-20(2)16-18-22)19-21(3)25-13-8-9-14-26(25)27-24-11-6-5-7-12-24;1-3-8-13(2)9-7-12-14-10-5-4-6-11-14;1-2/h2-26H,1H3;4-19,27H,1H2,2-3H3;3-11H,1,12H2,2H3;1-2H3/b;21-19+,23-10+;9-7-,13-8-;. The van der Waals surface area contributed by atoms with Gasteiger partial charge in [-0.25, -0.2) is 0 Å². The second-order valence-electron chi connectivity index (χ2n) is 20.7. The number of para-hydroxylation sites is 2. The number of hydrogen-bond acceptors (Lipinski definition) is 1. The topological polar surface area (TPSA) is 12.0 Å². The molecule has 1 spiro atoms. The maximum Gasteiger partial charge on any atom is 0.0720 e. The van der Waals surface area contributed by atoms with Crippen molar-refractivity contribution in [3.8, 4) is 11.1 Å². The minimum Gasteiger partial charge on any atom is -0.355 e. The van der Waals surface area contributed by atoms with E-state index in [-0.39, 0.29) is 0 Å². The molecule has 0 unspecified atom stereocenters. The Bertz CT molecular complexity index is 3780. The molecule has 12 rings (SSSR count). The molecule has 0 amide bonds. The first-order chi connectivity index (χ1) is 40.3. The van der Waals surface area contributed by atoms with E-state index in [4.69, 9.17) is 0 Å². The van der Waals surface area contributed by atoms with Gasteiger partial charge in [0.15, 0.2) is 0 Å². The molecular formula is C81H75N. The molecule has 0 atom stereocenters. The normalized spacial score (nSPS) is 13.3. The average Bonchev–Trinajstić information content (AvgIpc) is 1.40. The molecule has 0 bridgehead atoms. The molecule has 0 aromatic heterocycles. The van der Waals surface area contributed by atoms with Gasteiger partial charge in [-0.1, -0.05) is 323 Å². The number of nitrogens with one attached hydrogen (secondary N) is 1. The number of fused-ring (bicyclic) bond motifs is 9. The van der Waals surface area contributed by atoms with Crippen LogP contribution in [0.5, 0.6) is 0 Å². The quantitative estimate of drug-likeness (QED) is 0.120. The van der Waals surface area contributed by atoms with Crippen molar-refractivity contribution >= 4 is 22.5 Å². The number of benzene rings is 10. The van der Waals surface area contributed by atoms with E-state index in [2.05, 4.69) is 307 Å². The molecule has 0 saturated carbocycles. The second kappa shape index (κ2) is 27.1. The molecule has 0 fully saturated rings. The lowest BCUT2D eigenvalue weighted by Gasteiger charge is -2.50. The van der Waals surface area contributed by atoms with Gasteiger partial charge in [0.2, 0.25) is 0 Å². The van der Waals surface area contributed by atoms with Crippen LogP contribution in [0.3, 0.4) is 0 Å². The average molecular weight is 1060 g/mol. The van der Waals surface area contributed by atoms with Crippen LogP contribution >= 0.6 is 0 Å². The van der Waals surface area contributed by atoms with E-state index in [1.165, 1.54) is 94.6 Å². The van der Waals surface area contributed by atoms with Crippen molar-refractivity contribution in [2.75, 3.05) is 5.32 Å². The maximum atomic E-state index is 3.88. The second-order valence-corrected chi connectivity index (χ2v) is 20.7. The summed E-state index contributed by atoms with van der Waals surface area (Å²) in [5, 5.41) is 3.53. The molecule has 82 heavy (non-hydrogen) atoms. The third-order valence-electron chi connectivity index (χ3n) is 15.6. The summed E-state index contributed by atoms with van der Waals surface area (Å²) in [5.74, 6) is 0. The number of aryl methyl sites for hydroxylation is 2. The van der Waals surface area contributed by atoms with E-state index in [0.29, 0.717) is 0 Å². The summed E-state index contributed by atoms with van der Waals surface area (Å²) in [4.78, 5) is 0. The fraction of sp³-hybridized carbons (Fsp3) is 0.111. The smallest absolute Gasteiger partial charge is 0.0720 e. The Kier molecular flexibility index (Phi) is 18.9. The van der Waals surface area contributed by atoms with E-state index in [1.807, 2.05) is 56.3 Å². The minimum atomic E-state index is -0.442. The van der Waals surface area contributed by atoms with E-state index in [0.717, 1.165) is 23.4 Å². The maximum absolute atomic E-state index is 3.88. The van der Waals surface area contributed by atoms with Crippen molar-refractivity contribution in [2.24, 2.45) is 0 Å². The van der Waals surface area contributed by atoms with Crippen molar-refractivity contribution in [1.29, 1.82) is 0 Å². The first kappa shape index (κ1) is 57.1. The summed E-state index contributed by atoms with van der Waals surface area (Å²) in [6.45, 7) is 20.1. The monoisotopic (exact) mass is 1060 g/mol. The molecule has 404 valence electrons. The molecule has 0 heterocycles. The minimum absolute atomic E-state index is 0.391. The van der Waals surface area contributed by atoms with Crippen LogP contribution in [-0.2, 0) is 17.3 Å². The Hall–Kier alpha value is -9.56. The third kappa shape index (κ3) is 11.7. The van der Waals surface area contributed by atoms with Crippen LogP contribution < -0.4 is 5.32 Å². The number of rotatable bonds is 12. The van der Waals surface area contributed by atoms with Gasteiger partial charge in [-0.15, -0.1) is 0 Å². The Labute approximate surface area is 489 Å². The van der Waals surface area contributed by atoms with Gasteiger partial charge in [-0.3, -0.25) is 0 Å². The summed E-state index contributed by atoms with van der Waals surface area (Å²) in [7, 11) is 0. The molecule has 10 aromatic carbocycles. The highest BCUT2D eigenvalue weighted by molar-refractivity contribution is 5.91. The molecule has 10 aromatic rings. The fourth-order valence-electron chi connectivity index (χ4n) is 12.1. The molecule has 2 aliphatic rings. The highest BCUT2D eigenvalue weighted by Gasteiger charge is 2.56. The summed E-state index contributed by atoms with van der Waals surface area (Å²) in [6.07, 6.45) is 15.2. The van der Waals surface area contributed by atoms with Gasteiger partial charge < -0.3 is 5.32 Å². The predicted octanol–water partition coefficient (Wildman–Crippen LogP) is 21.4. The molecule has 1 nitrogen and oxygen atoms in total. The predicted molar refractivity (Wildman–Crippen MR) is 354 cm³/mol. The lowest BCUT2D eigenvalue weighted by Crippen LogP contribution is -2.44. The number of hydrogen-bond donors (Lipinski definition) is 1. The fourth-order valence-corrected chi connectivity index (χ4v) is 12.1. The van der Waals surface area contributed by atoms with Gasteiger partial charge in [-0.2, -0.15) is 0 Å². The van der Waals surface area contributed by atoms with Crippen molar-refractivity contribution in [2.45, 2.75) is 58.8 Å². The van der Waals surface area contributed by atoms with Crippen molar-refractivity contribution in [3.63, 3.8) is 0 Å². The number of anilines is 2. The van der Waals surface area contributed by atoms with Gasteiger partial charge in [0.05, 0.1) is 10.8 Å². The van der Waals surface area contributed by atoms with E-state index in [1.54, 1.807) is 0 Å². The molecule has 0 aliphatic heterocycles. The summed E-state index contributed by atoms with van der Waals surface area (Å²) >= 11 is 0. The van der Waals surface area contributed by atoms with Gasteiger partial charge in [0.1, 0.15) is 0 Å². The molecule has 0 radical (unpaired) electrons. The molecule has 0 saturated heterocycles. The third-order valence-corrected chi connectivity index (χ3v) is 15.6. The van der Waals surface area contributed by atoms with Gasteiger partial charge in [0, 0.05) is 16.9 Å². The van der Waals surface area contributed by atoms with E-state index < -0.39 is 10.8 Å². The SMILES string of the molecule is C=C/C=C(C)\C=C/Cc1ccccc1.C=C/C=C(\C=C(/C)c1ccccc1Nc1ccccc1)c1ccc(C)cc1.CC.Cc1cccc2c1-c1ccccc1C21c2ccccc2C(c2ccccc2)(c2ccccc2)c2ccccc21. The largest absolute Gasteiger partial charge is 0.355 e.